The van der Waals surface area contributed by atoms with Crippen molar-refractivity contribution in [2.75, 3.05) is 7.11 Å². The van der Waals surface area contributed by atoms with Crippen molar-refractivity contribution in [2.45, 2.75) is 33.6 Å². The zero-order chi connectivity index (χ0) is 11.7. The smallest absolute Gasteiger partial charge is 0.330 e. The molecule has 2 heteroatoms. The molecule has 84 valence electrons. The molecule has 0 aromatic carbocycles. The summed E-state index contributed by atoms with van der Waals surface area (Å²) in [5, 5.41) is 0. The van der Waals surface area contributed by atoms with Crippen LogP contribution in [-0.4, -0.2) is 13.1 Å². The summed E-state index contributed by atoms with van der Waals surface area (Å²) in [5.74, 6) is -0.291. The Kier molecular flexibility index (Phi) is 7.33. The molecule has 0 bridgehead atoms. The van der Waals surface area contributed by atoms with Gasteiger partial charge in [-0.15, -0.1) is 0 Å². The number of carbonyl (C=O) groups excluding carboxylic acids is 1. The van der Waals surface area contributed by atoms with Crippen LogP contribution in [-0.2, 0) is 9.53 Å². The van der Waals surface area contributed by atoms with E-state index in [9.17, 15) is 4.79 Å². The van der Waals surface area contributed by atoms with Gasteiger partial charge >= 0.3 is 5.97 Å². The van der Waals surface area contributed by atoms with Crippen molar-refractivity contribution >= 4 is 5.97 Å². The standard InChI is InChI=1S/C13H20O2/c1-5-7-12(10-13(14)15-4)9-6-8-11(2)3/h5,7-8,10H,6,9H2,1-4H3/b7-5+,12-10-. The third-order valence-electron chi connectivity index (χ3n) is 1.87. The number of esters is 1. The van der Waals surface area contributed by atoms with Gasteiger partial charge in [-0.05, 0) is 39.2 Å². The van der Waals surface area contributed by atoms with Crippen LogP contribution in [0.25, 0.3) is 0 Å². The molecule has 0 N–H and O–H groups in total. The van der Waals surface area contributed by atoms with E-state index < -0.39 is 0 Å². The molecule has 0 atom stereocenters. The quantitative estimate of drug-likeness (QED) is 0.299. The monoisotopic (exact) mass is 208 g/mol. The molecular formula is C13H20O2. The molecule has 0 spiro atoms. The highest BCUT2D eigenvalue weighted by Crippen LogP contribution is 2.09. The third-order valence-corrected chi connectivity index (χ3v) is 1.87. The molecule has 0 aliphatic heterocycles. The van der Waals surface area contributed by atoms with Gasteiger partial charge in [-0.2, -0.15) is 0 Å². The fourth-order valence-corrected chi connectivity index (χ4v) is 1.16. The first-order valence-corrected chi connectivity index (χ1v) is 5.14. The van der Waals surface area contributed by atoms with Crippen molar-refractivity contribution in [2.24, 2.45) is 0 Å². The summed E-state index contributed by atoms with van der Waals surface area (Å²) in [6.45, 7) is 6.07. The predicted molar refractivity (Wildman–Crippen MR) is 63.6 cm³/mol. The van der Waals surface area contributed by atoms with Gasteiger partial charge in [-0.3, -0.25) is 0 Å². The minimum absolute atomic E-state index is 0.291. The third kappa shape index (κ3) is 7.74. The first-order chi connectivity index (χ1) is 7.10. The lowest BCUT2D eigenvalue weighted by Crippen LogP contribution is -1.96. The van der Waals surface area contributed by atoms with Crippen LogP contribution in [0.15, 0.2) is 35.5 Å². The van der Waals surface area contributed by atoms with Gasteiger partial charge in [0.1, 0.15) is 0 Å². The first-order valence-electron chi connectivity index (χ1n) is 5.14. The topological polar surface area (TPSA) is 26.3 Å². The summed E-state index contributed by atoms with van der Waals surface area (Å²) < 4.78 is 4.59. The van der Waals surface area contributed by atoms with Crippen LogP contribution in [0, 0.1) is 0 Å². The van der Waals surface area contributed by atoms with E-state index in [1.807, 2.05) is 19.1 Å². The number of rotatable bonds is 5. The number of hydrogen-bond acceptors (Lipinski definition) is 2. The normalized spacial score (nSPS) is 11.6. The number of ether oxygens (including phenoxy) is 1. The average molecular weight is 208 g/mol. The van der Waals surface area contributed by atoms with Crippen LogP contribution in [0.2, 0.25) is 0 Å². The fraction of sp³-hybridized carbons (Fsp3) is 0.462. The molecule has 0 heterocycles. The van der Waals surface area contributed by atoms with E-state index in [2.05, 4.69) is 24.7 Å². The Bertz CT molecular complexity index is 279. The second-order valence-corrected chi connectivity index (χ2v) is 3.56. The SMILES string of the molecule is C/C=C/C(=C/C(=O)OC)CCC=C(C)C. The van der Waals surface area contributed by atoms with Crippen molar-refractivity contribution in [3.05, 3.63) is 35.5 Å². The Morgan fingerprint density at radius 1 is 1.33 bits per heavy atom. The van der Waals surface area contributed by atoms with Gasteiger partial charge in [0.2, 0.25) is 0 Å². The lowest BCUT2D eigenvalue weighted by Gasteiger charge is -1.99. The molecule has 0 aliphatic carbocycles. The Labute approximate surface area is 92.3 Å². The Hall–Kier alpha value is -1.31. The van der Waals surface area contributed by atoms with Crippen LogP contribution in [0.4, 0.5) is 0 Å². The average Bonchev–Trinajstić information content (AvgIpc) is 2.17. The second kappa shape index (κ2) is 8.04. The molecule has 0 saturated carbocycles. The molecule has 0 aromatic heterocycles. The van der Waals surface area contributed by atoms with E-state index in [1.165, 1.54) is 12.7 Å². The maximum atomic E-state index is 11.0. The molecule has 0 unspecified atom stereocenters. The van der Waals surface area contributed by atoms with E-state index in [0.717, 1.165) is 18.4 Å². The molecule has 0 saturated heterocycles. The maximum Gasteiger partial charge on any atom is 0.330 e. The summed E-state index contributed by atoms with van der Waals surface area (Å²) in [7, 11) is 1.39. The van der Waals surface area contributed by atoms with E-state index in [1.54, 1.807) is 6.08 Å². The fourth-order valence-electron chi connectivity index (χ4n) is 1.16. The van der Waals surface area contributed by atoms with E-state index in [4.69, 9.17) is 0 Å². The number of carbonyl (C=O) groups is 1. The van der Waals surface area contributed by atoms with E-state index in [0.29, 0.717) is 0 Å². The largest absolute Gasteiger partial charge is 0.466 e. The predicted octanol–water partition coefficient (Wildman–Crippen LogP) is 3.41. The zero-order valence-corrected chi connectivity index (χ0v) is 10.0. The van der Waals surface area contributed by atoms with Crippen molar-refractivity contribution in [1.82, 2.24) is 0 Å². The van der Waals surface area contributed by atoms with Crippen LogP contribution in [0.1, 0.15) is 33.6 Å². The van der Waals surface area contributed by atoms with Gasteiger partial charge in [-0.1, -0.05) is 23.8 Å². The minimum atomic E-state index is -0.291. The van der Waals surface area contributed by atoms with E-state index >= 15 is 0 Å². The van der Waals surface area contributed by atoms with Crippen LogP contribution in [0.5, 0.6) is 0 Å². The molecule has 0 aromatic rings. The Balaban J connectivity index is 4.35. The first kappa shape index (κ1) is 13.7. The minimum Gasteiger partial charge on any atom is -0.466 e. The Morgan fingerprint density at radius 2 is 2.00 bits per heavy atom. The van der Waals surface area contributed by atoms with Gasteiger partial charge in [0.25, 0.3) is 0 Å². The Morgan fingerprint density at radius 3 is 2.47 bits per heavy atom. The van der Waals surface area contributed by atoms with Gasteiger partial charge < -0.3 is 4.74 Å². The lowest BCUT2D eigenvalue weighted by molar-refractivity contribution is -0.134. The summed E-state index contributed by atoms with van der Waals surface area (Å²) >= 11 is 0. The maximum absolute atomic E-state index is 11.0. The molecule has 0 aliphatic rings. The molecule has 2 nitrogen and oxygen atoms in total. The second-order valence-electron chi connectivity index (χ2n) is 3.56. The highest BCUT2D eigenvalue weighted by molar-refractivity contribution is 5.83. The number of allylic oxidation sites excluding steroid dienone is 5. The van der Waals surface area contributed by atoms with Crippen LogP contribution < -0.4 is 0 Å². The summed E-state index contributed by atoms with van der Waals surface area (Å²) in [6, 6.07) is 0. The molecule has 0 fully saturated rings. The number of methoxy groups -OCH3 is 1. The molecule has 0 radical (unpaired) electrons. The van der Waals surface area contributed by atoms with Crippen LogP contribution >= 0.6 is 0 Å². The van der Waals surface area contributed by atoms with Gasteiger partial charge in [-0.25, -0.2) is 4.79 Å². The van der Waals surface area contributed by atoms with Gasteiger partial charge in [0, 0.05) is 6.08 Å². The number of hydrogen-bond donors (Lipinski definition) is 0. The summed E-state index contributed by atoms with van der Waals surface area (Å²) in [6.07, 6.45) is 9.39. The van der Waals surface area contributed by atoms with Gasteiger partial charge in [0.05, 0.1) is 7.11 Å². The van der Waals surface area contributed by atoms with Crippen molar-refractivity contribution in [3.8, 4) is 0 Å². The summed E-state index contributed by atoms with van der Waals surface area (Å²) in [4.78, 5) is 11.0. The van der Waals surface area contributed by atoms with Crippen molar-refractivity contribution in [1.29, 1.82) is 0 Å². The molecule has 0 rings (SSSR count). The summed E-state index contributed by atoms with van der Waals surface area (Å²) in [5.41, 5.74) is 2.30. The lowest BCUT2D eigenvalue weighted by atomic mass is 10.1. The van der Waals surface area contributed by atoms with Crippen molar-refractivity contribution in [3.63, 3.8) is 0 Å². The molecule has 0 amide bonds. The van der Waals surface area contributed by atoms with Crippen LogP contribution in [0.3, 0.4) is 0 Å². The van der Waals surface area contributed by atoms with Gasteiger partial charge in [0.15, 0.2) is 0 Å². The highest BCUT2D eigenvalue weighted by atomic mass is 16.5. The zero-order valence-electron chi connectivity index (χ0n) is 10.0. The molecular weight excluding hydrogens is 188 g/mol. The van der Waals surface area contributed by atoms with Crippen molar-refractivity contribution < 1.29 is 9.53 Å². The molecule has 15 heavy (non-hydrogen) atoms. The highest BCUT2D eigenvalue weighted by Gasteiger charge is 1.97. The van der Waals surface area contributed by atoms with E-state index in [-0.39, 0.29) is 5.97 Å².